The van der Waals surface area contributed by atoms with E-state index < -0.39 is 10.0 Å². The van der Waals surface area contributed by atoms with Crippen LogP contribution in [0.5, 0.6) is 11.5 Å². The Labute approximate surface area is 183 Å². The van der Waals surface area contributed by atoms with Gasteiger partial charge in [-0.3, -0.25) is 4.79 Å². The lowest BCUT2D eigenvalue weighted by Gasteiger charge is -2.29. The van der Waals surface area contributed by atoms with Crippen LogP contribution in [-0.4, -0.2) is 62.0 Å². The Balaban J connectivity index is 1.57. The summed E-state index contributed by atoms with van der Waals surface area (Å²) in [5.74, 6) is 1.13. The zero-order valence-corrected chi connectivity index (χ0v) is 19.1. The second kappa shape index (κ2) is 8.55. The van der Waals surface area contributed by atoms with E-state index in [2.05, 4.69) is 0 Å². The summed E-state index contributed by atoms with van der Waals surface area (Å²) in [6, 6.07) is 5.38. The van der Waals surface area contributed by atoms with Gasteiger partial charge in [-0.15, -0.1) is 0 Å². The van der Waals surface area contributed by atoms with Crippen molar-refractivity contribution in [2.45, 2.75) is 37.1 Å². The van der Waals surface area contributed by atoms with Gasteiger partial charge in [-0.2, -0.15) is 4.31 Å². The monoisotopic (exact) mass is 447 g/mol. The Bertz CT molecular complexity index is 1090. The van der Waals surface area contributed by atoms with Crippen molar-refractivity contribution in [2.24, 2.45) is 7.05 Å². The quantitative estimate of drug-likeness (QED) is 0.703. The number of hydrogen-bond acceptors (Lipinski definition) is 5. The molecule has 4 rings (SSSR count). The highest BCUT2D eigenvalue weighted by Gasteiger charge is 2.30. The maximum absolute atomic E-state index is 13.3. The van der Waals surface area contributed by atoms with Crippen LogP contribution in [0.15, 0.2) is 29.3 Å². The number of nitrogens with zero attached hydrogens (tertiary/aromatic N) is 3. The normalized spacial score (nSPS) is 17.3. The zero-order valence-electron chi connectivity index (χ0n) is 18.3. The molecule has 0 spiro atoms. The minimum Gasteiger partial charge on any atom is -0.493 e. The maximum atomic E-state index is 13.3. The predicted molar refractivity (Wildman–Crippen MR) is 116 cm³/mol. The van der Waals surface area contributed by atoms with Gasteiger partial charge in [0.05, 0.1) is 14.2 Å². The molecule has 1 aromatic heterocycles. The molecule has 31 heavy (non-hydrogen) atoms. The van der Waals surface area contributed by atoms with Gasteiger partial charge < -0.3 is 18.9 Å². The third kappa shape index (κ3) is 4.04. The van der Waals surface area contributed by atoms with Gasteiger partial charge in [-0.05, 0) is 48.6 Å². The van der Waals surface area contributed by atoms with Gasteiger partial charge in [0.2, 0.25) is 10.0 Å². The van der Waals surface area contributed by atoms with Crippen molar-refractivity contribution in [1.29, 1.82) is 0 Å². The third-order valence-electron chi connectivity index (χ3n) is 6.16. The summed E-state index contributed by atoms with van der Waals surface area (Å²) in [7, 11) is 1.33. The molecule has 1 fully saturated rings. The number of fused-ring (bicyclic) bond motifs is 1. The van der Waals surface area contributed by atoms with Crippen molar-refractivity contribution >= 4 is 15.9 Å². The van der Waals surface area contributed by atoms with Crippen molar-refractivity contribution in [1.82, 2.24) is 13.8 Å². The number of aromatic nitrogens is 1. The Kier molecular flexibility index (Phi) is 5.98. The summed E-state index contributed by atoms with van der Waals surface area (Å²) in [4.78, 5) is 15.2. The number of rotatable bonds is 5. The smallest absolute Gasteiger partial charge is 0.270 e. The summed E-state index contributed by atoms with van der Waals surface area (Å²) in [5, 5.41) is 0. The minimum absolute atomic E-state index is 0.178. The van der Waals surface area contributed by atoms with Crippen LogP contribution in [0.1, 0.15) is 40.9 Å². The second-order valence-corrected chi connectivity index (χ2v) is 10.0. The average Bonchev–Trinajstić information content (AvgIpc) is 3.20. The number of ether oxygens (including phenoxy) is 2. The Morgan fingerprint density at radius 3 is 2.23 bits per heavy atom. The number of hydrogen-bond donors (Lipinski definition) is 0. The first kappa shape index (κ1) is 21.7. The molecule has 2 aromatic rings. The molecule has 0 atom stereocenters. The Morgan fingerprint density at radius 1 is 0.935 bits per heavy atom. The molecule has 0 saturated carbocycles. The Morgan fingerprint density at radius 2 is 1.58 bits per heavy atom. The van der Waals surface area contributed by atoms with E-state index in [1.54, 1.807) is 36.9 Å². The van der Waals surface area contributed by atoms with Gasteiger partial charge in [0.15, 0.2) is 11.5 Å². The molecule has 2 aliphatic heterocycles. The van der Waals surface area contributed by atoms with Crippen LogP contribution in [0.3, 0.4) is 0 Å². The van der Waals surface area contributed by atoms with Gasteiger partial charge in [0, 0.05) is 39.4 Å². The molecule has 0 radical (unpaired) electrons. The van der Waals surface area contributed by atoms with E-state index >= 15 is 0 Å². The number of carbonyl (C=O) groups excluding carboxylic acids is 1. The molecular weight excluding hydrogens is 418 g/mol. The standard InChI is InChI=1S/C22H29N3O5S/c1-23-15-18(31(27,28)25-8-5-4-6-9-25)13-19(23)22(26)24-10-7-16-11-20(29-2)21(30-3)12-17(16)14-24/h11-13,15H,4-10,14H2,1-3H3. The van der Waals surface area contributed by atoms with Gasteiger partial charge >= 0.3 is 0 Å². The molecule has 0 unspecified atom stereocenters. The molecular formula is C22H29N3O5S. The van der Waals surface area contributed by atoms with E-state index in [-0.39, 0.29) is 10.8 Å². The summed E-state index contributed by atoms with van der Waals surface area (Å²) in [6.45, 7) is 2.07. The summed E-state index contributed by atoms with van der Waals surface area (Å²) < 4.78 is 39.9. The molecule has 0 N–H and O–H groups in total. The molecule has 1 saturated heterocycles. The van der Waals surface area contributed by atoms with E-state index in [0.717, 1.165) is 30.4 Å². The zero-order chi connectivity index (χ0) is 22.2. The molecule has 0 aliphatic carbocycles. The molecule has 8 nitrogen and oxygen atoms in total. The van der Waals surface area contributed by atoms with Crippen molar-refractivity contribution in [3.63, 3.8) is 0 Å². The highest BCUT2D eigenvalue weighted by Crippen LogP contribution is 2.33. The maximum Gasteiger partial charge on any atom is 0.270 e. The lowest BCUT2D eigenvalue weighted by molar-refractivity contribution is 0.0724. The van der Waals surface area contributed by atoms with Crippen LogP contribution in [0.2, 0.25) is 0 Å². The molecule has 3 heterocycles. The molecule has 168 valence electrons. The lowest BCUT2D eigenvalue weighted by atomic mass is 9.98. The van der Waals surface area contributed by atoms with E-state index in [9.17, 15) is 13.2 Å². The number of methoxy groups -OCH3 is 2. The highest BCUT2D eigenvalue weighted by atomic mass is 32.2. The fourth-order valence-electron chi connectivity index (χ4n) is 4.36. The number of amides is 1. The fourth-order valence-corrected chi connectivity index (χ4v) is 5.95. The number of piperidine rings is 1. The van der Waals surface area contributed by atoms with Gasteiger partial charge in [-0.25, -0.2) is 8.42 Å². The van der Waals surface area contributed by atoms with Gasteiger partial charge in [0.25, 0.3) is 5.91 Å². The van der Waals surface area contributed by atoms with Crippen molar-refractivity contribution < 1.29 is 22.7 Å². The molecule has 2 aliphatic rings. The first-order valence-electron chi connectivity index (χ1n) is 10.5. The molecule has 1 amide bonds. The highest BCUT2D eigenvalue weighted by molar-refractivity contribution is 7.89. The van der Waals surface area contributed by atoms with E-state index in [0.29, 0.717) is 49.8 Å². The van der Waals surface area contributed by atoms with Gasteiger partial charge in [-0.1, -0.05) is 6.42 Å². The van der Waals surface area contributed by atoms with Gasteiger partial charge in [0.1, 0.15) is 10.6 Å². The summed E-state index contributed by atoms with van der Waals surface area (Å²) >= 11 is 0. The fraction of sp³-hybridized carbons (Fsp3) is 0.500. The van der Waals surface area contributed by atoms with Crippen LogP contribution in [0.25, 0.3) is 0 Å². The van der Waals surface area contributed by atoms with Crippen molar-refractivity contribution in [3.8, 4) is 11.5 Å². The van der Waals surface area contributed by atoms with Crippen molar-refractivity contribution in [3.05, 3.63) is 41.2 Å². The molecule has 9 heteroatoms. The van der Waals surface area contributed by atoms with E-state index in [1.165, 1.54) is 10.4 Å². The topological polar surface area (TPSA) is 81.1 Å². The van der Waals surface area contributed by atoms with Crippen LogP contribution in [0.4, 0.5) is 0 Å². The van der Waals surface area contributed by atoms with E-state index in [4.69, 9.17) is 9.47 Å². The average molecular weight is 448 g/mol. The largest absolute Gasteiger partial charge is 0.493 e. The summed E-state index contributed by atoms with van der Waals surface area (Å²) in [5.41, 5.74) is 2.51. The van der Waals surface area contributed by atoms with Crippen LogP contribution in [0, 0.1) is 0 Å². The number of benzene rings is 1. The number of aryl methyl sites for hydroxylation is 1. The molecule has 0 bridgehead atoms. The number of sulfonamides is 1. The lowest BCUT2D eigenvalue weighted by Crippen LogP contribution is -2.37. The van der Waals surface area contributed by atoms with Crippen LogP contribution in [-0.2, 0) is 30.0 Å². The summed E-state index contributed by atoms with van der Waals surface area (Å²) in [6.07, 6.45) is 5.05. The Hall–Kier alpha value is -2.52. The van der Waals surface area contributed by atoms with Crippen LogP contribution >= 0.6 is 0 Å². The molecule has 1 aromatic carbocycles. The third-order valence-corrected chi connectivity index (χ3v) is 8.02. The minimum atomic E-state index is -3.58. The van der Waals surface area contributed by atoms with Crippen LogP contribution < -0.4 is 9.47 Å². The first-order chi connectivity index (χ1) is 14.8. The van der Waals surface area contributed by atoms with E-state index in [1.807, 2.05) is 12.1 Å². The first-order valence-corrected chi connectivity index (χ1v) is 12.0. The SMILES string of the molecule is COc1cc2c(cc1OC)CN(C(=O)c1cc(S(=O)(=O)N3CCCCC3)cn1C)CC2. The predicted octanol–water partition coefficient (Wildman–Crippen LogP) is 2.42. The second-order valence-electron chi connectivity index (χ2n) is 8.09. The van der Waals surface area contributed by atoms with Crippen molar-refractivity contribution in [2.75, 3.05) is 33.9 Å². The number of carbonyl (C=O) groups is 1.